The molecular weight excluding hydrogens is 428 g/mol. The molecule has 0 radical (unpaired) electrons. The fraction of sp³-hybridized carbons (Fsp3) is 0.222. The number of rotatable bonds is 7. The normalized spacial score (nSPS) is 10.9. The van der Waals surface area contributed by atoms with Crippen molar-refractivity contribution in [1.29, 1.82) is 0 Å². The van der Waals surface area contributed by atoms with Crippen molar-refractivity contribution in [3.63, 3.8) is 0 Å². The average Bonchev–Trinajstić information content (AvgIpc) is 3.30. The van der Waals surface area contributed by atoms with E-state index < -0.39 is 0 Å². The highest BCUT2D eigenvalue weighted by Crippen LogP contribution is 2.38. The first-order chi connectivity index (χ1) is 16.3. The van der Waals surface area contributed by atoms with Crippen LogP contribution in [0.1, 0.15) is 5.56 Å². The maximum Gasteiger partial charge on any atom is 0.163 e. The number of aliphatic hydroxyl groups excluding tert-OH is 1. The number of aliphatic hydroxyl groups is 1. The number of methoxy groups -OCH3 is 1. The molecule has 7 nitrogen and oxygen atoms in total. The number of H-pyrrole nitrogens is 1. The van der Waals surface area contributed by atoms with E-state index in [-0.39, 0.29) is 18.1 Å². The zero-order valence-corrected chi connectivity index (χ0v) is 20.1. The molecule has 0 aliphatic rings. The Balaban J connectivity index is 1.88. The number of hydrogen-bond acceptors (Lipinski definition) is 6. The van der Waals surface area contributed by atoms with Crippen molar-refractivity contribution in [2.24, 2.45) is 0 Å². The van der Waals surface area contributed by atoms with Crippen molar-refractivity contribution in [1.82, 2.24) is 9.97 Å². The van der Waals surface area contributed by atoms with Crippen LogP contribution in [0.2, 0.25) is 0 Å². The lowest BCUT2D eigenvalue weighted by molar-refractivity contribution is 0.272. The fourth-order valence-electron chi connectivity index (χ4n) is 3.85. The molecule has 34 heavy (non-hydrogen) atoms. The Labute approximate surface area is 199 Å². The van der Waals surface area contributed by atoms with Crippen molar-refractivity contribution < 1.29 is 14.9 Å². The van der Waals surface area contributed by atoms with Crippen LogP contribution in [0.25, 0.3) is 33.9 Å². The van der Waals surface area contributed by atoms with Gasteiger partial charge in [-0.05, 0) is 36.4 Å². The topological polar surface area (TPSA) is 84.9 Å². The highest BCUT2D eigenvalue weighted by atomic mass is 16.5. The summed E-state index contributed by atoms with van der Waals surface area (Å²) in [6.07, 6.45) is 0. The molecular formula is C27H30N4O3. The number of aromatic amines is 1. The second kappa shape index (κ2) is 9.49. The van der Waals surface area contributed by atoms with E-state index in [0.29, 0.717) is 17.0 Å². The Hall–Kier alpha value is -3.97. The lowest BCUT2D eigenvalue weighted by Crippen LogP contribution is -2.08. The Morgan fingerprint density at radius 1 is 0.824 bits per heavy atom. The predicted octanol–water partition coefficient (Wildman–Crippen LogP) is 4.75. The predicted molar refractivity (Wildman–Crippen MR) is 138 cm³/mol. The number of ether oxygens (including phenoxy) is 1. The van der Waals surface area contributed by atoms with Crippen LogP contribution in [0, 0.1) is 0 Å². The fourth-order valence-corrected chi connectivity index (χ4v) is 3.85. The molecule has 0 fully saturated rings. The number of nitrogens with zero attached hydrogens (tertiary/aromatic N) is 3. The van der Waals surface area contributed by atoms with Crippen LogP contribution in [-0.4, -0.2) is 55.5 Å². The van der Waals surface area contributed by atoms with E-state index in [4.69, 9.17) is 9.72 Å². The first-order valence-corrected chi connectivity index (χ1v) is 11.0. The Kier molecular flexibility index (Phi) is 6.47. The lowest BCUT2D eigenvalue weighted by Gasteiger charge is -2.13. The summed E-state index contributed by atoms with van der Waals surface area (Å²) in [4.78, 5) is 12.5. The molecule has 1 heterocycles. The van der Waals surface area contributed by atoms with E-state index in [2.05, 4.69) is 63.3 Å². The van der Waals surface area contributed by atoms with Gasteiger partial charge in [-0.3, -0.25) is 0 Å². The lowest BCUT2D eigenvalue weighted by atomic mass is 10.0. The van der Waals surface area contributed by atoms with Crippen molar-refractivity contribution in [3.8, 4) is 45.4 Å². The van der Waals surface area contributed by atoms with Gasteiger partial charge in [0.2, 0.25) is 0 Å². The summed E-state index contributed by atoms with van der Waals surface area (Å²) in [6.45, 7) is -0.311. The van der Waals surface area contributed by atoms with Gasteiger partial charge in [0.1, 0.15) is 5.82 Å². The Morgan fingerprint density at radius 3 is 1.88 bits per heavy atom. The minimum absolute atomic E-state index is 0.0701. The third-order valence-electron chi connectivity index (χ3n) is 5.85. The standard InChI is InChI=1S/C27H30N4O3/c1-30(2)21-10-6-17(7-11-21)24-25(18-8-12-22(13-9-18)31(3)4)29-27(28-24)19-14-20(16-32)26(33)23(15-19)34-5/h6-15,32-33H,16H2,1-5H3,(H,28,29). The molecule has 0 bridgehead atoms. The van der Waals surface area contributed by atoms with E-state index in [1.165, 1.54) is 7.11 Å². The van der Waals surface area contributed by atoms with Crippen LogP contribution in [0.3, 0.4) is 0 Å². The second-order valence-electron chi connectivity index (χ2n) is 8.54. The molecule has 0 atom stereocenters. The maximum absolute atomic E-state index is 10.3. The zero-order valence-electron chi connectivity index (χ0n) is 20.1. The van der Waals surface area contributed by atoms with Gasteiger partial charge in [-0.15, -0.1) is 0 Å². The first kappa shape index (κ1) is 23.2. The van der Waals surface area contributed by atoms with Crippen molar-refractivity contribution in [2.75, 3.05) is 45.1 Å². The Bertz CT molecular complexity index is 1180. The summed E-state index contributed by atoms with van der Waals surface area (Å²) in [5, 5.41) is 20.0. The van der Waals surface area contributed by atoms with Crippen molar-refractivity contribution in [2.45, 2.75) is 6.61 Å². The molecule has 1 aromatic heterocycles. The molecule has 176 valence electrons. The summed E-state index contributed by atoms with van der Waals surface area (Å²) < 4.78 is 5.32. The van der Waals surface area contributed by atoms with Gasteiger partial charge in [0.05, 0.1) is 25.1 Å². The molecule has 0 saturated carbocycles. The smallest absolute Gasteiger partial charge is 0.163 e. The third-order valence-corrected chi connectivity index (χ3v) is 5.85. The van der Waals surface area contributed by atoms with E-state index in [1.54, 1.807) is 12.1 Å². The summed E-state index contributed by atoms with van der Waals surface area (Å²) in [5.41, 5.74) is 6.98. The number of nitrogens with one attached hydrogen (secondary N) is 1. The first-order valence-electron chi connectivity index (χ1n) is 11.0. The third kappa shape index (κ3) is 4.43. The minimum atomic E-state index is -0.311. The number of anilines is 2. The number of phenols is 1. The maximum atomic E-state index is 10.3. The minimum Gasteiger partial charge on any atom is -0.504 e. The molecule has 3 aromatic carbocycles. The van der Waals surface area contributed by atoms with Gasteiger partial charge in [-0.25, -0.2) is 4.98 Å². The van der Waals surface area contributed by atoms with Crippen LogP contribution in [0.15, 0.2) is 60.7 Å². The molecule has 4 aromatic rings. The largest absolute Gasteiger partial charge is 0.504 e. The number of benzene rings is 3. The zero-order chi connectivity index (χ0) is 24.4. The molecule has 0 aliphatic carbocycles. The number of imidazole rings is 1. The van der Waals surface area contributed by atoms with Crippen molar-refractivity contribution >= 4 is 11.4 Å². The molecule has 0 aliphatic heterocycles. The van der Waals surface area contributed by atoms with Crippen LogP contribution >= 0.6 is 0 Å². The molecule has 7 heteroatoms. The van der Waals surface area contributed by atoms with Crippen LogP contribution < -0.4 is 14.5 Å². The quantitative estimate of drug-likeness (QED) is 0.371. The van der Waals surface area contributed by atoms with Gasteiger partial charge in [0.25, 0.3) is 0 Å². The number of hydrogen-bond donors (Lipinski definition) is 3. The van der Waals surface area contributed by atoms with Crippen LogP contribution in [-0.2, 0) is 6.61 Å². The number of aromatic hydroxyl groups is 1. The number of aromatic nitrogens is 2. The van der Waals surface area contributed by atoms with Gasteiger partial charge < -0.3 is 29.7 Å². The highest BCUT2D eigenvalue weighted by molar-refractivity contribution is 5.82. The van der Waals surface area contributed by atoms with Crippen molar-refractivity contribution in [3.05, 3.63) is 66.2 Å². The summed E-state index contributed by atoms with van der Waals surface area (Å²) >= 11 is 0. The molecule has 0 amide bonds. The van der Waals surface area contributed by atoms with E-state index in [1.807, 2.05) is 28.2 Å². The van der Waals surface area contributed by atoms with Crippen LogP contribution in [0.5, 0.6) is 11.5 Å². The average molecular weight is 459 g/mol. The summed E-state index contributed by atoms with van der Waals surface area (Å²) in [5.74, 6) is 0.831. The molecule has 0 saturated heterocycles. The Morgan fingerprint density at radius 2 is 1.38 bits per heavy atom. The molecule has 3 N–H and O–H groups in total. The van der Waals surface area contributed by atoms with Gasteiger partial charge in [-0.2, -0.15) is 0 Å². The van der Waals surface area contributed by atoms with Gasteiger partial charge in [0.15, 0.2) is 11.5 Å². The van der Waals surface area contributed by atoms with E-state index >= 15 is 0 Å². The highest BCUT2D eigenvalue weighted by Gasteiger charge is 2.18. The van der Waals surface area contributed by atoms with E-state index in [9.17, 15) is 10.2 Å². The monoisotopic (exact) mass is 458 g/mol. The van der Waals surface area contributed by atoms with Gasteiger partial charge in [-0.1, -0.05) is 24.3 Å². The second-order valence-corrected chi connectivity index (χ2v) is 8.54. The molecule has 4 rings (SSSR count). The van der Waals surface area contributed by atoms with Crippen LogP contribution in [0.4, 0.5) is 11.4 Å². The molecule has 0 spiro atoms. The summed E-state index contributed by atoms with van der Waals surface area (Å²) in [6, 6.07) is 20.0. The summed E-state index contributed by atoms with van der Waals surface area (Å²) in [7, 11) is 9.53. The van der Waals surface area contributed by atoms with Gasteiger partial charge >= 0.3 is 0 Å². The SMILES string of the molecule is COc1cc(-c2nc(-c3ccc(N(C)C)cc3)c(-c3ccc(N(C)C)cc3)[nH]2)cc(CO)c1O. The van der Waals surface area contributed by atoms with Gasteiger partial charge in [0, 0.05) is 61.8 Å². The molecule has 0 unspecified atom stereocenters. The van der Waals surface area contributed by atoms with E-state index in [0.717, 1.165) is 33.9 Å².